The lowest BCUT2D eigenvalue weighted by atomic mass is 9.87. The van der Waals surface area contributed by atoms with Gasteiger partial charge >= 0.3 is 29.2 Å². The fraction of sp³-hybridized carbons (Fsp3) is 0.548. The highest BCUT2D eigenvalue weighted by molar-refractivity contribution is 8.09. The van der Waals surface area contributed by atoms with Gasteiger partial charge in [-0.05, 0) is 113 Å². The molecule has 0 aliphatic heterocycles. The van der Waals surface area contributed by atoms with Gasteiger partial charge in [0.25, 0.3) is 0 Å². The van der Waals surface area contributed by atoms with E-state index in [1.807, 2.05) is 13.0 Å². The molecular weight excluding hydrogens is 713 g/mol. The predicted molar refractivity (Wildman–Crippen MR) is 204 cm³/mol. The van der Waals surface area contributed by atoms with Crippen molar-refractivity contribution in [1.82, 2.24) is 0 Å². The summed E-state index contributed by atoms with van der Waals surface area (Å²) >= 11 is 0.341. The standard InChI is InChI=1S/C42H54O11S/c1-4-37(36-18-12-11-17-35(36)29(3)39(44)50-33-15-9-8-10-16-33)52-42(47)54-53-41(46)31-21-25-34(26-22-31)51-40(45)30-19-23-32(24-20-30)48-27-13-6-7-14-28-49-38(43)5-2/h11-12,17-20,23-24,31,33-34H,4-10,13-16,21-22,25-28H2,1-3H3/b35-29-,37-36+. The van der Waals surface area contributed by atoms with E-state index in [2.05, 4.69) is 0 Å². The van der Waals surface area contributed by atoms with Crippen molar-refractivity contribution in [3.05, 3.63) is 64.5 Å². The Hall–Kier alpha value is -4.32. The predicted octanol–water partition coefficient (Wildman–Crippen LogP) is 7.89. The monoisotopic (exact) mass is 766 g/mol. The van der Waals surface area contributed by atoms with E-state index in [0.29, 0.717) is 96.9 Å². The van der Waals surface area contributed by atoms with Gasteiger partial charge in [-0.2, -0.15) is 0 Å². The molecule has 4 rings (SSSR count). The van der Waals surface area contributed by atoms with E-state index in [-0.39, 0.29) is 24.1 Å². The molecule has 0 aromatic heterocycles. The second-order valence-corrected chi connectivity index (χ2v) is 14.4. The normalized spacial score (nSPS) is 18.4. The van der Waals surface area contributed by atoms with E-state index in [1.54, 1.807) is 56.3 Å². The Morgan fingerprint density at radius 1 is 0.704 bits per heavy atom. The van der Waals surface area contributed by atoms with E-state index < -0.39 is 23.2 Å². The van der Waals surface area contributed by atoms with Crippen LogP contribution in [0.3, 0.4) is 0 Å². The van der Waals surface area contributed by atoms with E-state index in [9.17, 15) is 24.0 Å². The van der Waals surface area contributed by atoms with Gasteiger partial charge in [0.2, 0.25) is 0 Å². The van der Waals surface area contributed by atoms with Crippen molar-refractivity contribution < 1.29 is 51.8 Å². The number of carbonyl (C=O) groups excluding carboxylic acids is 5. The van der Waals surface area contributed by atoms with Crippen molar-refractivity contribution in [3.63, 3.8) is 0 Å². The molecule has 0 atom stereocenters. The summed E-state index contributed by atoms with van der Waals surface area (Å²) in [7, 11) is 0. The highest BCUT2D eigenvalue weighted by Gasteiger charge is 2.31. The number of esters is 3. The molecule has 294 valence electrons. The second kappa shape index (κ2) is 22.8. The highest BCUT2D eigenvalue weighted by Crippen LogP contribution is 2.30. The van der Waals surface area contributed by atoms with Crippen LogP contribution >= 0.6 is 12.0 Å². The summed E-state index contributed by atoms with van der Waals surface area (Å²) in [6.07, 6.45) is 10.9. The Morgan fingerprint density at radius 3 is 2.02 bits per heavy atom. The lowest BCUT2D eigenvalue weighted by Crippen LogP contribution is -2.33. The van der Waals surface area contributed by atoms with E-state index in [0.717, 1.165) is 57.8 Å². The number of ether oxygens (including phenoxy) is 5. The van der Waals surface area contributed by atoms with Gasteiger partial charge in [0.05, 0.1) is 24.7 Å². The van der Waals surface area contributed by atoms with Gasteiger partial charge in [-0.15, -0.1) is 0 Å². The summed E-state index contributed by atoms with van der Waals surface area (Å²) in [5.74, 6) is -0.932. The maximum Gasteiger partial charge on any atom is 0.412 e. The molecule has 0 radical (unpaired) electrons. The van der Waals surface area contributed by atoms with E-state index in [4.69, 9.17) is 27.9 Å². The first-order valence-corrected chi connectivity index (χ1v) is 20.1. The van der Waals surface area contributed by atoms with Crippen LogP contribution in [0.1, 0.15) is 127 Å². The molecule has 2 aliphatic rings. The number of benzene rings is 2. The fourth-order valence-electron chi connectivity index (χ4n) is 6.52. The molecule has 2 aromatic carbocycles. The van der Waals surface area contributed by atoms with Crippen LogP contribution in [0.25, 0.3) is 11.3 Å². The summed E-state index contributed by atoms with van der Waals surface area (Å²) in [5, 5.41) is 0.430. The maximum atomic E-state index is 13.0. The molecule has 2 aliphatic carbocycles. The molecule has 2 fully saturated rings. The first-order chi connectivity index (χ1) is 26.2. The zero-order valence-electron chi connectivity index (χ0n) is 31.8. The summed E-state index contributed by atoms with van der Waals surface area (Å²) in [5.41, 5.74) is 0.851. The van der Waals surface area contributed by atoms with Crippen LogP contribution in [0, 0.1) is 5.92 Å². The van der Waals surface area contributed by atoms with Crippen molar-refractivity contribution >= 4 is 52.6 Å². The van der Waals surface area contributed by atoms with Crippen molar-refractivity contribution in [2.45, 2.75) is 129 Å². The quantitative estimate of drug-likeness (QED) is 0.0710. The minimum absolute atomic E-state index is 0.0776. The molecule has 0 amide bonds. The first kappa shape index (κ1) is 42.4. The minimum Gasteiger partial charge on any atom is -0.494 e. The number of rotatable bonds is 16. The first-order valence-electron chi connectivity index (χ1n) is 19.4. The van der Waals surface area contributed by atoms with Crippen LogP contribution in [0.15, 0.2) is 48.5 Å². The molecule has 0 unspecified atom stereocenters. The lowest BCUT2D eigenvalue weighted by Gasteiger charge is -2.26. The smallest absolute Gasteiger partial charge is 0.412 e. The summed E-state index contributed by atoms with van der Waals surface area (Å²) in [6.45, 7) is 6.33. The SMILES string of the molecule is CCC(=O)OCCCCCCOc1ccc(C(=O)OC2CCC(C(=O)OSC(=O)O/C(CC)=c3\cccc\c3=C(/C)C(=O)OC3CCCCC3)CC2)cc1. The lowest BCUT2D eigenvalue weighted by molar-refractivity contribution is -0.144. The van der Waals surface area contributed by atoms with Crippen LogP contribution in [0.4, 0.5) is 4.79 Å². The molecule has 2 saturated carbocycles. The maximum absolute atomic E-state index is 13.0. The molecular formula is C42H54O11S. The van der Waals surface area contributed by atoms with Crippen LogP contribution in [-0.2, 0) is 37.5 Å². The topological polar surface area (TPSA) is 141 Å². The van der Waals surface area contributed by atoms with Gasteiger partial charge in [0, 0.05) is 23.6 Å². The third kappa shape index (κ3) is 13.8. The molecule has 0 heterocycles. The minimum atomic E-state index is -0.792. The van der Waals surface area contributed by atoms with Crippen LogP contribution in [0.2, 0.25) is 0 Å². The second-order valence-electron chi connectivity index (χ2n) is 13.7. The Balaban J connectivity index is 1.17. The largest absolute Gasteiger partial charge is 0.494 e. The summed E-state index contributed by atoms with van der Waals surface area (Å²) in [4.78, 5) is 62.5. The van der Waals surface area contributed by atoms with Crippen LogP contribution in [-0.4, -0.2) is 54.6 Å². The average molecular weight is 767 g/mol. The van der Waals surface area contributed by atoms with Crippen molar-refractivity contribution in [2.24, 2.45) is 5.92 Å². The zero-order valence-corrected chi connectivity index (χ0v) is 32.6. The van der Waals surface area contributed by atoms with E-state index in [1.165, 1.54) is 0 Å². The molecule has 0 spiro atoms. The van der Waals surface area contributed by atoms with Crippen LogP contribution < -0.4 is 15.2 Å². The summed E-state index contributed by atoms with van der Waals surface area (Å²) in [6, 6.07) is 14.0. The van der Waals surface area contributed by atoms with Crippen molar-refractivity contribution in [3.8, 4) is 5.75 Å². The number of carbonyl (C=O) groups is 5. The molecule has 54 heavy (non-hydrogen) atoms. The van der Waals surface area contributed by atoms with Gasteiger partial charge in [0.15, 0.2) is 12.0 Å². The number of hydrogen-bond donors (Lipinski definition) is 0. The number of hydrogen-bond acceptors (Lipinski definition) is 12. The molecule has 2 aromatic rings. The molecule has 0 bridgehead atoms. The Kier molecular flexibility index (Phi) is 17.9. The Bertz CT molecular complexity index is 1670. The molecule has 11 nitrogen and oxygen atoms in total. The third-order valence-electron chi connectivity index (χ3n) is 9.71. The van der Waals surface area contributed by atoms with Gasteiger partial charge in [-0.25, -0.2) is 14.4 Å². The average Bonchev–Trinajstić information content (AvgIpc) is 3.20. The van der Waals surface area contributed by atoms with E-state index >= 15 is 0 Å². The summed E-state index contributed by atoms with van der Waals surface area (Å²) < 4.78 is 33.2. The molecule has 0 saturated heterocycles. The molecule has 12 heteroatoms. The highest BCUT2D eigenvalue weighted by atomic mass is 32.2. The fourth-order valence-corrected chi connectivity index (χ4v) is 6.94. The van der Waals surface area contributed by atoms with Gasteiger partial charge in [-0.1, -0.05) is 44.5 Å². The molecule has 0 N–H and O–H groups in total. The zero-order chi connectivity index (χ0) is 38.7. The van der Waals surface area contributed by atoms with Gasteiger partial charge < -0.3 is 27.9 Å². The Labute approximate surface area is 322 Å². The third-order valence-corrected chi connectivity index (χ3v) is 10.2. The Morgan fingerprint density at radius 2 is 1.35 bits per heavy atom. The number of unbranched alkanes of at least 4 members (excludes halogenated alkanes) is 3. The van der Waals surface area contributed by atoms with Gasteiger partial charge in [-0.3, -0.25) is 9.59 Å². The van der Waals surface area contributed by atoms with Gasteiger partial charge in [0.1, 0.15) is 23.7 Å². The van der Waals surface area contributed by atoms with Crippen LogP contribution in [0.5, 0.6) is 5.75 Å². The van der Waals surface area contributed by atoms with Crippen molar-refractivity contribution in [1.29, 1.82) is 0 Å². The van der Waals surface area contributed by atoms with Crippen molar-refractivity contribution in [2.75, 3.05) is 13.2 Å².